The van der Waals surface area contributed by atoms with E-state index in [0.717, 1.165) is 0 Å². The fourth-order valence-corrected chi connectivity index (χ4v) is 1.77. The zero-order valence-electron chi connectivity index (χ0n) is 10.2. The number of aliphatic imine (C=N–C) groups is 1. The standard InChI is InChI=1S/C13H17N3/c1-9-5-6-13(10(2)7-9)11(3)16-12(4)15-8-14/h5-7,11H,1-4H3,(H,15,16)/t11-/m1/s1. The molecule has 16 heavy (non-hydrogen) atoms. The Morgan fingerprint density at radius 1 is 1.44 bits per heavy atom. The summed E-state index contributed by atoms with van der Waals surface area (Å²) in [5.41, 5.74) is 3.69. The first-order valence-corrected chi connectivity index (χ1v) is 5.31. The molecule has 0 fully saturated rings. The number of nitrogens with zero attached hydrogens (tertiary/aromatic N) is 2. The van der Waals surface area contributed by atoms with Gasteiger partial charge in [0.1, 0.15) is 5.84 Å². The Balaban J connectivity index is 2.93. The van der Waals surface area contributed by atoms with Crippen LogP contribution in [0.25, 0.3) is 0 Å². The molecule has 0 heterocycles. The van der Waals surface area contributed by atoms with E-state index in [4.69, 9.17) is 5.26 Å². The Bertz CT molecular complexity index is 441. The topological polar surface area (TPSA) is 48.2 Å². The maximum Gasteiger partial charge on any atom is 0.182 e. The first-order valence-electron chi connectivity index (χ1n) is 5.31. The van der Waals surface area contributed by atoms with Gasteiger partial charge in [0.2, 0.25) is 0 Å². The van der Waals surface area contributed by atoms with Crippen LogP contribution in [0.3, 0.4) is 0 Å². The van der Waals surface area contributed by atoms with Crippen molar-refractivity contribution in [3.8, 4) is 6.19 Å². The summed E-state index contributed by atoms with van der Waals surface area (Å²) in [6, 6.07) is 6.40. The number of benzene rings is 1. The maximum atomic E-state index is 8.47. The van der Waals surface area contributed by atoms with E-state index >= 15 is 0 Å². The Kier molecular flexibility index (Phi) is 4.07. The summed E-state index contributed by atoms with van der Waals surface area (Å²) in [4.78, 5) is 4.41. The minimum Gasteiger partial charge on any atom is -0.281 e. The van der Waals surface area contributed by atoms with E-state index in [9.17, 15) is 0 Å². The minimum absolute atomic E-state index is 0.0708. The van der Waals surface area contributed by atoms with Crippen LogP contribution in [0.4, 0.5) is 0 Å². The third-order valence-corrected chi connectivity index (χ3v) is 2.50. The van der Waals surface area contributed by atoms with E-state index in [0.29, 0.717) is 5.84 Å². The second-order valence-corrected chi connectivity index (χ2v) is 3.99. The molecule has 0 saturated heterocycles. The molecule has 1 N–H and O–H groups in total. The first-order chi connectivity index (χ1) is 7.54. The van der Waals surface area contributed by atoms with E-state index in [1.807, 2.05) is 13.1 Å². The maximum absolute atomic E-state index is 8.47. The van der Waals surface area contributed by atoms with Crippen LogP contribution in [0.5, 0.6) is 0 Å². The molecule has 0 amide bonds. The summed E-state index contributed by atoms with van der Waals surface area (Å²) >= 11 is 0. The van der Waals surface area contributed by atoms with Crippen LogP contribution < -0.4 is 5.32 Å². The second-order valence-electron chi connectivity index (χ2n) is 3.99. The molecule has 0 aromatic heterocycles. The Morgan fingerprint density at radius 2 is 2.12 bits per heavy atom. The van der Waals surface area contributed by atoms with Crippen LogP contribution in [-0.4, -0.2) is 5.84 Å². The molecule has 3 nitrogen and oxygen atoms in total. The largest absolute Gasteiger partial charge is 0.281 e. The zero-order chi connectivity index (χ0) is 12.1. The number of hydrogen-bond donors (Lipinski definition) is 1. The van der Waals surface area contributed by atoms with Crippen molar-refractivity contribution in [3.63, 3.8) is 0 Å². The molecular weight excluding hydrogens is 198 g/mol. The summed E-state index contributed by atoms with van der Waals surface area (Å²) in [7, 11) is 0. The van der Waals surface area contributed by atoms with Gasteiger partial charge in [0.15, 0.2) is 6.19 Å². The molecule has 84 valence electrons. The van der Waals surface area contributed by atoms with Crippen molar-refractivity contribution in [2.75, 3.05) is 0 Å². The quantitative estimate of drug-likeness (QED) is 0.357. The molecule has 1 rings (SSSR count). The van der Waals surface area contributed by atoms with E-state index < -0.39 is 0 Å². The Morgan fingerprint density at radius 3 is 2.69 bits per heavy atom. The van der Waals surface area contributed by atoms with Crippen LogP contribution in [0.15, 0.2) is 23.2 Å². The van der Waals surface area contributed by atoms with Gasteiger partial charge in [0, 0.05) is 0 Å². The molecule has 0 aliphatic carbocycles. The second kappa shape index (κ2) is 5.32. The molecule has 3 heteroatoms. The highest BCUT2D eigenvalue weighted by molar-refractivity contribution is 5.81. The normalized spacial score (nSPS) is 13.1. The molecule has 0 aliphatic rings. The lowest BCUT2D eigenvalue weighted by atomic mass is 10.0. The third kappa shape index (κ3) is 3.09. The third-order valence-electron chi connectivity index (χ3n) is 2.50. The van der Waals surface area contributed by atoms with E-state index in [2.05, 4.69) is 42.4 Å². The summed E-state index contributed by atoms with van der Waals surface area (Å²) < 4.78 is 0. The van der Waals surface area contributed by atoms with Gasteiger partial charge in [-0.05, 0) is 38.8 Å². The van der Waals surface area contributed by atoms with Crippen molar-refractivity contribution < 1.29 is 0 Å². The molecule has 1 aromatic rings. The van der Waals surface area contributed by atoms with Gasteiger partial charge in [-0.25, -0.2) is 0 Å². The Hall–Kier alpha value is -1.82. The molecule has 0 aliphatic heterocycles. The predicted molar refractivity (Wildman–Crippen MR) is 66.2 cm³/mol. The smallest absolute Gasteiger partial charge is 0.182 e. The van der Waals surface area contributed by atoms with Crippen molar-refractivity contribution >= 4 is 5.84 Å². The molecule has 0 saturated carbocycles. The zero-order valence-corrected chi connectivity index (χ0v) is 10.2. The highest BCUT2D eigenvalue weighted by Gasteiger charge is 2.07. The molecular formula is C13H17N3. The highest BCUT2D eigenvalue weighted by Crippen LogP contribution is 2.21. The lowest BCUT2D eigenvalue weighted by Crippen LogP contribution is -2.14. The van der Waals surface area contributed by atoms with Gasteiger partial charge in [-0.2, -0.15) is 5.26 Å². The Labute approximate surface area is 96.8 Å². The number of nitriles is 1. The van der Waals surface area contributed by atoms with Crippen molar-refractivity contribution in [2.24, 2.45) is 4.99 Å². The predicted octanol–water partition coefficient (Wildman–Crippen LogP) is 2.85. The van der Waals surface area contributed by atoms with Gasteiger partial charge < -0.3 is 0 Å². The molecule has 0 bridgehead atoms. The van der Waals surface area contributed by atoms with Gasteiger partial charge in [-0.1, -0.05) is 23.8 Å². The molecule has 1 aromatic carbocycles. The minimum atomic E-state index is 0.0708. The fourth-order valence-electron chi connectivity index (χ4n) is 1.77. The SMILES string of the molecule is CC(=N[C@H](C)c1ccc(C)cc1C)NC#N. The molecule has 0 unspecified atom stereocenters. The molecule has 0 radical (unpaired) electrons. The van der Waals surface area contributed by atoms with Gasteiger partial charge in [0.25, 0.3) is 0 Å². The fraction of sp³-hybridized carbons (Fsp3) is 0.385. The van der Waals surface area contributed by atoms with Crippen LogP contribution >= 0.6 is 0 Å². The van der Waals surface area contributed by atoms with Crippen molar-refractivity contribution in [3.05, 3.63) is 34.9 Å². The molecule has 0 spiro atoms. The summed E-state index contributed by atoms with van der Waals surface area (Å²) in [5, 5.41) is 11.0. The monoisotopic (exact) mass is 215 g/mol. The highest BCUT2D eigenvalue weighted by atomic mass is 15.0. The average molecular weight is 215 g/mol. The van der Waals surface area contributed by atoms with Crippen LogP contribution in [-0.2, 0) is 0 Å². The van der Waals surface area contributed by atoms with Crippen LogP contribution in [0.2, 0.25) is 0 Å². The lowest BCUT2D eigenvalue weighted by molar-refractivity contribution is 0.804. The molecule has 1 atom stereocenters. The van der Waals surface area contributed by atoms with Crippen molar-refractivity contribution in [1.29, 1.82) is 5.26 Å². The van der Waals surface area contributed by atoms with Gasteiger partial charge in [-0.3, -0.25) is 10.3 Å². The summed E-state index contributed by atoms with van der Waals surface area (Å²) in [5.74, 6) is 0.648. The van der Waals surface area contributed by atoms with Crippen LogP contribution in [0.1, 0.15) is 36.6 Å². The van der Waals surface area contributed by atoms with Crippen molar-refractivity contribution in [1.82, 2.24) is 5.32 Å². The lowest BCUT2D eigenvalue weighted by Gasteiger charge is -2.12. The number of amidine groups is 1. The van der Waals surface area contributed by atoms with E-state index in [-0.39, 0.29) is 6.04 Å². The van der Waals surface area contributed by atoms with Gasteiger partial charge in [-0.15, -0.1) is 0 Å². The number of rotatable bonds is 2. The van der Waals surface area contributed by atoms with E-state index in [1.165, 1.54) is 16.7 Å². The summed E-state index contributed by atoms with van der Waals surface area (Å²) in [6.07, 6.45) is 1.87. The van der Waals surface area contributed by atoms with E-state index in [1.54, 1.807) is 6.92 Å². The van der Waals surface area contributed by atoms with Gasteiger partial charge in [0.05, 0.1) is 6.04 Å². The van der Waals surface area contributed by atoms with Gasteiger partial charge >= 0.3 is 0 Å². The average Bonchev–Trinajstić information content (AvgIpc) is 2.17. The number of nitrogens with one attached hydrogen (secondary N) is 1. The van der Waals surface area contributed by atoms with Crippen LogP contribution in [0, 0.1) is 25.3 Å². The summed E-state index contributed by atoms with van der Waals surface area (Å²) in [6.45, 7) is 7.98. The number of hydrogen-bond acceptors (Lipinski definition) is 2. The number of aryl methyl sites for hydroxylation is 2. The first kappa shape index (κ1) is 12.3. The van der Waals surface area contributed by atoms with Crippen molar-refractivity contribution in [2.45, 2.75) is 33.7 Å².